The monoisotopic (exact) mass is 358 g/mol. The summed E-state index contributed by atoms with van der Waals surface area (Å²) in [6.45, 7) is 3.89. The van der Waals surface area contributed by atoms with Gasteiger partial charge in [-0.3, -0.25) is 14.4 Å². The topological polar surface area (TPSA) is 75.7 Å². The van der Waals surface area contributed by atoms with E-state index in [1.54, 1.807) is 18.9 Å². The van der Waals surface area contributed by atoms with Crippen LogP contribution in [-0.4, -0.2) is 42.4 Å². The first kappa shape index (κ1) is 18.4. The van der Waals surface area contributed by atoms with Gasteiger partial charge in [-0.1, -0.05) is 37.3 Å². The fourth-order valence-corrected chi connectivity index (χ4v) is 4.01. The number of esters is 1. The average molecular weight is 358 g/mol. The SMILES string of the molecule is CCOC(=O)C1C(C)C(C(=O)NC)N(C(=O)C2CC2)C1c1ccccc1. The van der Waals surface area contributed by atoms with Crippen LogP contribution in [0, 0.1) is 17.8 Å². The number of hydrogen-bond donors (Lipinski definition) is 1. The maximum Gasteiger partial charge on any atom is 0.311 e. The van der Waals surface area contributed by atoms with Crippen molar-refractivity contribution in [3.8, 4) is 0 Å². The Morgan fingerprint density at radius 3 is 2.38 bits per heavy atom. The van der Waals surface area contributed by atoms with E-state index >= 15 is 0 Å². The minimum Gasteiger partial charge on any atom is -0.466 e. The van der Waals surface area contributed by atoms with Crippen molar-refractivity contribution in [2.75, 3.05) is 13.7 Å². The van der Waals surface area contributed by atoms with Gasteiger partial charge in [0.1, 0.15) is 6.04 Å². The Labute approximate surface area is 153 Å². The summed E-state index contributed by atoms with van der Waals surface area (Å²) in [4.78, 5) is 40.1. The Balaban J connectivity index is 2.08. The largest absolute Gasteiger partial charge is 0.466 e. The van der Waals surface area contributed by atoms with E-state index in [-0.39, 0.29) is 36.2 Å². The fourth-order valence-electron chi connectivity index (χ4n) is 4.01. The normalized spacial score (nSPS) is 27.9. The Hall–Kier alpha value is -2.37. The van der Waals surface area contributed by atoms with Gasteiger partial charge in [0.25, 0.3) is 0 Å². The van der Waals surface area contributed by atoms with Crippen molar-refractivity contribution in [3.05, 3.63) is 35.9 Å². The molecule has 140 valence electrons. The first-order valence-electron chi connectivity index (χ1n) is 9.26. The number of benzene rings is 1. The van der Waals surface area contributed by atoms with Crippen molar-refractivity contribution in [2.24, 2.45) is 17.8 Å². The lowest BCUT2D eigenvalue weighted by atomic mass is 9.85. The van der Waals surface area contributed by atoms with Crippen LogP contribution in [0.4, 0.5) is 0 Å². The first-order valence-corrected chi connectivity index (χ1v) is 9.26. The Morgan fingerprint density at radius 2 is 1.85 bits per heavy atom. The average Bonchev–Trinajstić information content (AvgIpc) is 3.44. The smallest absolute Gasteiger partial charge is 0.311 e. The number of rotatable bonds is 5. The third-order valence-electron chi connectivity index (χ3n) is 5.40. The molecule has 0 bridgehead atoms. The summed E-state index contributed by atoms with van der Waals surface area (Å²) in [7, 11) is 1.56. The third kappa shape index (κ3) is 3.20. The molecule has 1 aromatic rings. The zero-order valence-corrected chi connectivity index (χ0v) is 15.5. The lowest BCUT2D eigenvalue weighted by Crippen LogP contribution is -2.48. The summed E-state index contributed by atoms with van der Waals surface area (Å²) in [5, 5.41) is 2.66. The molecule has 1 N–H and O–H groups in total. The number of carbonyl (C=O) groups is 3. The quantitative estimate of drug-likeness (QED) is 0.816. The van der Waals surface area contributed by atoms with E-state index in [0.717, 1.165) is 18.4 Å². The summed E-state index contributed by atoms with van der Waals surface area (Å²) >= 11 is 0. The molecule has 0 radical (unpaired) electrons. The van der Waals surface area contributed by atoms with Gasteiger partial charge in [-0.15, -0.1) is 0 Å². The number of carbonyl (C=O) groups excluding carboxylic acids is 3. The molecule has 26 heavy (non-hydrogen) atoms. The predicted molar refractivity (Wildman–Crippen MR) is 95.9 cm³/mol. The van der Waals surface area contributed by atoms with Crippen LogP contribution in [0.2, 0.25) is 0 Å². The minimum atomic E-state index is -0.673. The van der Waals surface area contributed by atoms with Crippen molar-refractivity contribution in [1.82, 2.24) is 10.2 Å². The lowest BCUT2D eigenvalue weighted by molar-refractivity contribution is -0.150. The van der Waals surface area contributed by atoms with Crippen LogP contribution >= 0.6 is 0 Å². The van der Waals surface area contributed by atoms with Crippen molar-refractivity contribution in [3.63, 3.8) is 0 Å². The highest BCUT2D eigenvalue weighted by Gasteiger charge is 2.57. The molecule has 3 rings (SSSR count). The molecule has 1 saturated carbocycles. The van der Waals surface area contributed by atoms with Gasteiger partial charge in [-0.05, 0) is 25.3 Å². The molecule has 1 aliphatic carbocycles. The molecule has 2 fully saturated rings. The van der Waals surface area contributed by atoms with Gasteiger partial charge in [0.05, 0.1) is 18.6 Å². The number of likely N-dealkylation sites (tertiary alicyclic amines) is 1. The molecule has 6 heteroatoms. The summed E-state index contributed by atoms with van der Waals surface area (Å²) < 4.78 is 5.31. The van der Waals surface area contributed by atoms with Crippen LogP contribution in [0.3, 0.4) is 0 Å². The number of nitrogens with one attached hydrogen (secondary N) is 1. The van der Waals surface area contributed by atoms with Crippen LogP contribution in [0.5, 0.6) is 0 Å². The molecular weight excluding hydrogens is 332 g/mol. The van der Waals surface area contributed by atoms with E-state index in [4.69, 9.17) is 4.74 Å². The summed E-state index contributed by atoms with van der Waals surface area (Å²) in [6, 6.07) is 8.31. The lowest BCUT2D eigenvalue weighted by Gasteiger charge is -2.31. The maximum absolute atomic E-state index is 13.1. The van der Waals surface area contributed by atoms with Crippen molar-refractivity contribution in [1.29, 1.82) is 0 Å². The van der Waals surface area contributed by atoms with E-state index < -0.39 is 18.0 Å². The zero-order valence-electron chi connectivity index (χ0n) is 15.5. The molecule has 2 aliphatic rings. The van der Waals surface area contributed by atoms with E-state index in [9.17, 15) is 14.4 Å². The standard InChI is InChI=1S/C20H26N2O4/c1-4-26-20(25)15-12(2)16(18(23)21-3)22(19(24)14-10-11-14)17(15)13-8-6-5-7-9-13/h5-9,12,14-17H,4,10-11H2,1-3H3,(H,21,23). The van der Waals surface area contributed by atoms with E-state index in [1.165, 1.54) is 0 Å². The molecule has 0 aromatic heterocycles. The molecule has 0 spiro atoms. The number of amides is 2. The molecule has 1 heterocycles. The fraction of sp³-hybridized carbons (Fsp3) is 0.550. The van der Waals surface area contributed by atoms with Crippen molar-refractivity contribution >= 4 is 17.8 Å². The van der Waals surface area contributed by atoms with Gasteiger partial charge >= 0.3 is 5.97 Å². The number of ether oxygens (including phenoxy) is 1. The van der Waals surface area contributed by atoms with Crippen LogP contribution in [0.25, 0.3) is 0 Å². The highest BCUT2D eigenvalue weighted by molar-refractivity contribution is 5.92. The van der Waals surface area contributed by atoms with Gasteiger partial charge in [0.15, 0.2) is 0 Å². The third-order valence-corrected chi connectivity index (χ3v) is 5.40. The van der Waals surface area contributed by atoms with E-state index in [1.807, 2.05) is 37.3 Å². The molecule has 6 nitrogen and oxygen atoms in total. The minimum absolute atomic E-state index is 0.0360. The molecule has 1 saturated heterocycles. The second-order valence-electron chi connectivity index (χ2n) is 7.07. The second-order valence-corrected chi connectivity index (χ2v) is 7.07. The van der Waals surface area contributed by atoms with Crippen LogP contribution < -0.4 is 5.32 Å². The molecule has 1 aromatic carbocycles. The molecule has 2 amide bonds. The van der Waals surface area contributed by atoms with Crippen LogP contribution in [0.15, 0.2) is 30.3 Å². The Morgan fingerprint density at radius 1 is 1.19 bits per heavy atom. The van der Waals surface area contributed by atoms with E-state index in [2.05, 4.69) is 5.32 Å². The molecule has 1 aliphatic heterocycles. The highest BCUT2D eigenvalue weighted by atomic mass is 16.5. The predicted octanol–water partition coefficient (Wildman–Crippen LogP) is 1.91. The molecule has 4 unspecified atom stereocenters. The molecular formula is C20H26N2O4. The Kier molecular flexibility index (Phi) is 5.30. The number of hydrogen-bond acceptors (Lipinski definition) is 4. The van der Waals surface area contributed by atoms with Gasteiger partial charge in [0.2, 0.25) is 11.8 Å². The maximum atomic E-state index is 13.1. The van der Waals surface area contributed by atoms with Crippen molar-refractivity contribution < 1.29 is 19.1 Å². The Bertz CT molecular complexity index is 686. The summed E-state index contributed by atoms with van der Waals surface area (Å²) in [5.41, 5.74) is 0.859. The van der Waals surface area contributed by atoms with Crippen LogP contribution in [0.1, 0.15) is 38.3 Å². The van der Waals surface area contributed by atoms with Crippen molar-refractivity contribution in [2.45, 2.75) is 38.8 Å². The number of likely N-dealkylation sites (N-methyl/N-ethyl adjacent to an activating group) is 1. The second kappa shape index (κ2) is 7.48. The first-order chi connectivity index (χ1) is 12.5. The van der Waals surface area contributed by atoms with Gasteiger partial charge in [-0.2, -0.15) is 0 Å². The van der Waals surface area contributed by atoms with Crippen LogP contribution in [-0.2, 0) is 19.1 Å². The molecule has 4 atom stereocenters. The summed E-state index contributed by atoms with van der Waals surface area (Å²) in [6.07, 6.45) is 1.69. The van der Waals surface area contributed by atoms with Gasteiger partial charge < -0.3 is 15.0 Å². The highest BCUT2D eigenvalue weighted by Crippen LogP contribution is 2.48. The number of nitrogens with zero attached hydrogens (tertiary/aromatic N) is 1. The van der Waals surface area contributed by atoms with E-state index in [0.29, 0.717) is 0 Å². The summed E-state index contributed by atoms with van der Waals surface area (Å²) in [5.74, 6) is -1.56. The zero-order chi connectivity index (χ0) is 18.8. The van der Waals surface area contributed by atoms with Gasteiger partial charge in [-0.25, -0.2) is 0 Å². The van der Waals surface area contributed by atoms with Gasteiger partial charge in [0, 0.05) is 18.9 Å².